The highest BCUT2D eigenvalue weighted by Gasteiger charge is 2.34. The van der Waals surface area contributed by atoms with Gasteiger partial charge in [-0.05, 0) is 36.8 Å². The number of hydrogen-bond acceptors (Lipinski definition) is 4. The standard InChI is InChI=1S/C19H24N4O/c1-4-6-17(24)22-15-9-19(2,3)10-16-14(15)12-21-18(23-16)13-7-5-8-20-11-13/h5,7-8,11-12,15H,4,6,9-10H2,1-3H3,(H,22,24)/t15-/m0/s1. The topological polar surface area (TPSA) is 67.8 Å². The highest BCUT2D eigenvalue weighted by atomic mass is 16.1. The number of pyridine rings is 1. The maximum atomic E-state index is 12.1. The molecule has 2 heterocycles. The van der Waals surface area contributed by atoms with Crippen LogP contribution >= 0.6 is 0 Å². The van der Waals surface area contributed by atoms with Crippen LogP contribution < -0.4 is 5.32 Å². The van der Waals surface area contributed by atoms with Crippen molar-refractivity contribution < 1.29 is 4.79 Å². The van der Waals surface area contributed by atoms with Gasteiger partial charge < -0.3 is 5.32 Å². The van der Waals surface area contributed by atoms with Crippen molar-refractivity contribution in [2.75, 3.05) is 0 Å². The lowest BCUT2D eigenvalue weighted by atomic mass is 9.74. The summed E-state index contributed by atoms with van der Waals surface area (Å²) in [5, 5.41) is 3.16. The minimum Gasteiger partial charge on any atom is -0.349 e. The normalized spacial score (nSPS) is 18.7. The number of aromatic nitrogens is 3. The molecular weight excluding hydrogens is 300 g/mol. The van der Waals surface area contributed by atoms with E-state index in [1.54, 1.807) is 12.4 Å². The van der Waals surface area contributed by atoms with Gasteiger partial charge in [0, 0.05) is 36.1 Å². The highest BCUT2D eigenvalue weighted by Crippen LogP contribution is 2.40. The Morgan fingerprint density at radius 1 is 1.38 bits per heavy atom. The minimum atomic E-state index is -0.00857. The van der Waals surface area contributed by atoms with Crippen molar-refractivity contribution in [3.8, 4) is 11.4 Å². The Hall–Kier alpha value is -2.30. The Bertz CT molecular complexity index is 727. The fraction of sp³-hybridized carbons (Fsp3) is 0.474. The van der Waals surface area contributed by atoms with E-state index in [2.05, 4.69) is 29.1 Å². The maximum Gasteiger partial charge on any atom is 0.220 e. The van der Waals surface area contributed by atoms with Crippen molar-refractivity contribution in [2.45, 2.75) is 52.5 Å². The number of amides is 1. The second kappa shape index (κ2) is 6.67. The van der Waals surface area contributed by atoms with Gasteiger partial charge in [0.05, 0.1) is 11.7 Å². The van der Waals surface area contributed by atoms with E-state index < -0.39 is 0 Å². The summed E-state index contributed by atoms with van der Waals surface area (Å²) in [4.78, 5) is 25.5. The number of hydrogen-bond donors (Lipinski definition) is 1. The van der Waals surface area contributed by atoms with Gasteiger partial charge in [-0.15, -0.1) is 0 Å². The number of nitrogens with one attached hydrogen (secondary N) is 1. The van der Waals surface area contributed by atoms with Gasteiger partial charge in [0.2, 0.25) is 5.91 Å². The average Bonchev–Trinajstić information content (AvgIpc) is 2.54. The summed E-state index contributed by atoms with van der Waals surface area (Å²) in [6, 6.07) is 3.84. The van der Waals surface area contributed by atoms with E-state index in [4.69, 9.17) is 4.98 Å². The van der Waals surface area contributed by atoms with E-state index in [-0.39, 0.29) is 17.4 Å². The van der Waals surface area contributed by atoms with Crippen LogP contribution in [0.15, 0.2) is 30.7 Å². The first-order valence-electron chi connectivity index (χ1n) is 8.54. The number of nitrogens with zero attached hydrogens (tertiary/aromatic N) is 3. The Labute approximate surface area is 143 Å². The molecule has 5 heteroatoms. The second-order valence-electron chi connectivity index (χ2n) is 7.25. The van der Waals surface area contributed by atoms with E-state index in [9.17, 15) is 4.79 Å². The smallest absolute Gasteiger partial charge is 0.220 e. The second-order valence-corrected chi connectivity index (χ2v) is 7.25. The van der Waals surface area contributed by atoms with Crippen molar-refractivity contribution in [1.29, 1.82) is 0 Å². The van der Waals surface area contributed by atoms with Crippen LogP contribution in [0.25, 0.3) is 11.4 Å². The fourth-order valence-corrected chi connectivity index (χ4v) is 3.30. The Morgan fingerprint density at radius 2 is 2.21 bits per heavy atom. The van der Waals surface area contributed by atoms with E-state index in [1.807, 2.05) is 25.3 Å². The van der Waals surface area contributed by atoms with Gasteiger partial charge in [0.1, 0.15) is 0 Å². The maximum absolute atomic E-state index is 12.1. The van der Waals surface area contributed by atoms with Gasteiger partial charge in [-0.2, -0.15) is 0 Å². The third kappa shape index (κ3) is 3.61. The van der Waals surface area contributed by atoms with E-state index in [1.165, 1.54) is 0 Å². The molecule has 1 aliphatic rings. The zero-order valence-electron chi connectivity index (χ0n) is 14.5. The molecule has 1 N–H and O–H groups in total. The first kappa shape index (κ1) is 16.6. The summed E-state index contributed by atoms with van der Waals surface area (Å²) in [6.07, 6.45) is 8.59. The Kier molecular flexibility index (Phi) is 4.60. The quantitative estimate of drug-likeness (QED) is 0.935. The molecule has 1 atom stereocenters. The summed E-state index contributed by atoms with van der Waals surface area (Å²) >= 11 is 0. The highest BCUT2D eigenvalue weighted by molar-refractivity contribution is 5.76. The minimum absolute atomic E-state index is 0.00857. The first-order valence-corrected chi connectivity index (χ1v) is 8.54. The summed E-state index contributed by atoms with van der Waals surface area (Å²) in [6.45, 7) is 6.46. The van der Waals surface area contributed by atoms with Crippen LogP contribution in [0.4, 0.5) is 0 Å². The van der Waals surface area contributed by atoms with Crippen LogP contribution in [0.1, 0.15) is 57.3 Å². The molecule has 0 radical (unpaired) electrons. The van der Waals surface area contributed by atoms with Gasteiger partial charge in [-0.25, -0.2) is 9.97 Å². The monoisotopic (exact) mass is 324 g/mol. The zero-order chi connectivity index (χ0) is 17.2. The molecule has 0 bridgehead atoms. The summed E-state index contributed by atoms with van der Waals surface area (Å²) in [5.41, 5.74) is 3.08. The van der Waals surface area contributed by atoms with Crippen LogP contribution in [0.2, 0.25) is 0 Å². The first-order chi connectivity index (χ1) is 11.5. The third-order valence-corrected chi connectivity index (χ3v) is 4.41. The number of carbonyl (C=O) groups is 1. The number of rotatable bonds is 4. The predicted octanol–water partition coefficient (Wildman–Crippen LogP) is 3.47. The predicted molar refractivity (Wildman–Crippen MR) is 93.2 cm³/mol. The molecule has 0 saturated heterocycles. The van der Waals surface area contributed by atoms with Crippen LogP contribution in [0.5, 0.6) is 0 Å². The summed E-state index contributed by atoms with van der Waals surface area (Å²) in [7, 11) is 0. The largest absolute Gasteiger partial charge is 0.349 e. The molecule has 0 fully saturated rings. The van der Waals surface area contributed by atoms with Gasteiger partial charge >= 0.3 is 0 Å². The SMILES string of the molecule is CCCC(=O)N[C@H]1CC(C)(C)Cc2nc(-c3cccnc3)ncc21. The number of carbonyl (C=O) groups excluding carboxylic acids is 1. The average molecular weight is 324 g/mol. The molecule has 0 aliphatic heterocycles. The summed E-state index contributed by atoms with van der Waals surface area (Å²) in [5.74, 6) is 0.792. The lowest BCUT2D eigenvalue weighted by Crippen LogP contribution is -2.37. The van der Waals surface area contributed by atoms with Crippen molar-refractivity contribution in [2.24, 2.45) is 5.41 Å². The van der Waals surface area contributed by atoms with Crippen LogP contribution in [0.3, 0.4) is 0 Å². The van der Waals surface area contributed by atoms with Gasteiger partial charge in [-0.3, -0.25) is 9.78 Å². The molecule has 5 nitrogen and oxygen atoms in total. The lowest BCUT2D eigenvalue weighted by molar-refractivity contribution is -0.122. The molecule has 3 rings (SSSR count). The molecular formula is C19H24N4O. The molecule has 126 valence electrons. The van der Waals surface area contributed by atoms with Crippen LogP contribution in [-0.4, -0.2) is 20.9 Å². The van der Waals surface area contributed by atoms with Gasteiger partial charge in [0.15, 0.2) is 5.82 Å². The van der Waals surface area contributed by atoms with Crippen molar-refractivity contribution in [3.05, 3.63) is 42.0 Å². The molecule has 24 heavy (non-hydrogen) atoms. The van der Waals surface area contributed by atoms with Crippen molar-refractivity contribution >= 4 is 5.91 Å². The molecule has 0 saturated carbocycles. The van der Waals surface area contributed by atoms with Crippen LogP contribution in [-0.2, 0) is 11.2 Å². The zero-order valence-corrected chi connectivity index (χ0v) is 14.5. The third-order valence-electron chi connectivity index (χ3n) is 4.41. The molecule has 1 aliphatic carbocycles. The molecule has 0 unspecified atom stereocenters. The van der Waals surface area contributed by atoms with Gasteiger partial charge in [0.25, 0.3) is 0 Å². The lowest BCUT2D eigenvalue weighted by Gasteiger charge is -2.36. The summed E-state index contributed by atoms with van der Waals surface area (Å²) < 4.78 is 0. The Morgan fingerprint density at radius 3 is 2.92 bits per heavy atom. The van der Waals surface area contributed by atoms with Crippen molar-refractivity contribution in [3.63, 3.8) is 0 Å². The van der Waals surface area contributed by atoms with Crippen molar-refractivity contribution in [1.82, 2.24) is 20.3 Å². The van der Waals surface area contributed by atoms with Gasteiger partial charge in [-0.1, -0.05) is 20.8 Å². The van der Waals surface area contributed by atoms with E-state index in [0.717, 1.165) is 36.1 Å². The fourth-order valence-electron chi connectivity index (χ4n) is 3.30. The van der Waals surface area contributed by atoms with E-state index in [0.29, 0.717) is 12.2 Å². The Balaban J connectivity index is 1.94. The molecule has 0 aromatic carbocycles. The molecule has 0 spiro atoms. The van der Waals surface area contributed by atoms with Crippen LogP contribution in [0, 0.1) is 5.41 Å². The molecule has 1 amide bonds. The molecule has 2 aromatic rings. The molecule has 2 aromatic heterocycles. The van der Waals surface area contributed by atoms with E-state index >= 15 is 0 Å². The number of fused-ring (bicyclic) bond motifs is 1.